The fourth-order valence-corrected chi connectivity index (χ4v) is 3.89. The Hall–Kier alpha value is -1.94. The van der Waals surface area contributed by atoms with Crippen molar-refractivity contribution in [2.24, 2.45) is 16.5 Å². The Bertz CT molecular complexity index is 663. The molecule has 1 aliphatic carbocycles. The molecular weight excluding hydrogens is 290 g/mol. The maximum Gasteiger partial charge on any atom is 0.185 e. The van der Waals surface area contributed by atoms with E-state index in [1.165, 1.54) is 27.3 Å². The van der Waals surface area contributed by atoms with E-state index in [1.54, 1.807) is 0 Å². The molecule has 0 saturated heterocycles. The molecule has 4 N–H and O–H groups in total. The van der Waals surface area contributed by atoms with Gasteiger partial charge in [0.05, 0.1) is 0 Å². The molecule has 3 rings (SSSR count). The van der Waals surface area contributed by atoms with Crippen molar-refractivity contribution in [1.82, 2.24) is 0 Å². The Balaban J connectivity index is 1.79. The molecule has 2 aromatic carbocycles. The maximum absolute atomic E-state index is 5.46. The predicted octanol–water partition coefficient (Wildman–Crippen LogP) is 3.53. The number of nitrogens with zero attached hydrogens (tertiary/aromatic N) is 1. The van der Waals surface area contributed by atoms with Crippen molar-refractivity contribution in [2.75, 3.05) is 6.54 Å². The van der Waals surface area contributed by atoms with E-state index in [9.17, 15) is 0 Å². The van der Waals surface area contributed by atoms with Crippen LogP contribution in [0, 0.1) is 0 Å². The zero-order valence-electron chi connectivity index (χ0n) is 12.5. The Labute approximate surface area is 135 Å². The highest BCUT2D eigenvalue weighted by Crippen LogP contribution is 2.36. The van der Waals surface area contributed by atoms with Crippen LogP contribution in [0.15, 0.2) is 63.3 Å². The number of guanidine groups is 1. The van der Waals surface area contributed by atoms with E-state index >= 15 is 0 Å². The summed E-state index contributed by atoms with van der Waals surface area (Å²) in [5.41, 5.74) is 13.8. The average Bonchev–Trinajstić information content (AvgIpc) is 2.53. The second-order valence-electron chi connectivity index (χ2n) is 5.63. The molecule has 1 aliphatic rings. The molecule has 3 nitrogen and oxygen atoms in total. The Kier molecular flexibility index (Phi) is 4.68. The smallest absolute Gasteiger partial charge is 0.185 e. The standard InChI is InChI=1S/C18H21N3S/c19-18(20)21-12-14-6-4-5-13-11-16(9-10-17(13)14)22-15-7-2-1-3-8-15/h1-3,7-11,14H,4-6,12H2,(H4,19,20,21). The van der Waals surface area contributed by atoms with E-state index in [2.05, 4.69) is 47.5 Å². The van der Waals surface area contributed by atoms with Crippen LogP contribution in [0.4, 0.5) is 0 Å². The number of aryl methyl sites for hydroxylation is 1. The number of fused-ring (bicyclic) bond motifs is 1. The highest BCUT2D eigenvalue weighted by molar-refractivity contribution is 7.99. The van der Waals surface area contributed by atoms with Gasteiger partial charge in [0, 0.05) is 22.3 Å². The molecule has 0 spiro atoms. The maximum atomic E-state index is 5.46. The van der Waals surface area contributed by atoms with Gasteiger partial charge in [0.25, 0.3) is 0 Å². The molecule has 0 amide bonds. The fraction of sp³-hybridized carbons (Fsp3) is 0.278. The molecule has 0 bridgehead atoms. The fourth-order valence-electron chi connectivity index (χ4n) is 2.98. The Morgan fingerprint density at radius 3 is 2.68 bits per heavy atom. The van der Waals surface area contributed by atoms with Crippen LogP contribution in [-0.4, -0.2) is 12.5 Å². The molecule has 0 fully saturated rings. The summed E-state index contributed by atoms with van der Waals surface area (Å²) >= 11 is 1.81. The van der Waals surface area contributed by atoms with Gasteiger partial charge < -0.3 is 11.5 Å². The lowest BCUT2D eigenvalue weighted by molar-refractivity contribution is 0.560. The number of hydrogen-bond acceptors (Lipinski definition) is 2. The molecule has 4 heteroatoms. The van der Waals surface area contributed by atoms with Gasteiger partial charge in [-0.05, 0) is 54.7 Å². The van der Waals surface area contributed by atoms with Crippen LogP contribution in [-0.2, 0) is 6.42 Å². The topological polar surface area (TPSA) is 64.4 Å². The van der Waals surface area contributed by atoms with Gasteiger partial charge in [0.15, 0.2) is 5.96 Å². The normalized spacial score (nSPS) is 16.8. The first-order chi connectivity index (χ1) is 10.7. The van der Waals surface area contributed by atoms with Crippen LogP contribution in [0.5, 0.6) is 0 Å². The lowest BCUT2D eigenvalue weighted by Crippen LogP contribution is -2.24. The summed E-state index contributed by atoms with van der Waals surface area (Å²) in [5, 5.41) is 0. The van der Waals surface area contributed by atoms with E-state index < -0.39 is 0 Å². The predicted molar refractivity (Wildman–Crippen MR) is 93.4 cm³/mol. The van der Waals surface area contributed by atoms with Gasteiger partial charge in [-0.15, -0.1) is 0 Å². The van der Waals surface area contributed by atoms with Crippen molar-refractivity contribution in [3.63, 3.8) is 0 Å². The number of benzene rings is 2. The summed E-state index contributed by atoms with van der Waals surface area (Å²) in [6.07, 6.45) is 3.52. The largest absolute Gasteiger partial charge is 0.370 e. The van der Waals surface area contributed by atoms with Gasteiger partial charge in [-0.2, -0.15) is 0 Å². The van der Waals surface area contributed by atoms with Crippen molar-refractivity contribution in [3.8, 4) is 0 Å². The molecule has 22 heavy (non-hydrogen) atoms. The summed E-state index contributed by atoms with van der Waals surface area (Å²) in [5.74, 6) is 0.630. The summed E-state index contributed by atoms with van der Waals surface area (Å²) in [6, 6.07) is 17.3. The van der Waals surface area contributed by atoms with E-state index in [-0.39, 0.29) is 5.96 Å². The van der Waals surface area contributed by atoms with Crippen LogP contribution < -0.4 is 11.5 Å². The Morgan fingerprint density at radius 1 is 1.09 bits per heavy atom. The lowest BCUT2D eigenvalue weighted by Gasteiger charge is -2.24. The van der Waals surface area contributed by atoms with Crippen LogP contribution in [0.25, 0.3) is 0 Å². The van der Waals surface area contributed by atoms with E-state index in [0.717, 1.165) is 12.8 Å². The third-order valence-corrected chi connectivity index (χ3v) is 5.02. The quantitative estimate of drug-likeness (QED) is 0.670. The van der Waals surface area contributed by atoms with E-state index in [4.69, 9.17) is 11.5 Å². The minimum Gasteiger partial charge on any atom is -0.370 e. The molecule has 0 saturated carbocycles. The minimum absolute atomic E-state index is 0.184. The van der Waals surface area contributed by atoms with Gasteiger partial charge in [0.1, 0.15) is 0 Å². The van der Waals surface area contributed by atoms with Gasteiger partial charge in [-0.3, -0.25) is 4.99 Å². The highest BCUT2D eigenvalue weighted by Gasteiger charge is 2.20. The average molecular weight is 311 g/mol. The summed E-state index contributed by atoms with van der Waals surface area (Å²) in [6.45, 7) is 0.695. The molecule has 114 valence electrons. The zero-order valence-corrected chi connectivity index (χ0v) is 13.4. The van der Waals surface area contributed by atoms with Crippen LogP contribution in [0.2, 0.25) is 0 Å². The van der Waals surface area contributed by atoms with Crippen molar-refractivity contribution in [2.45, 2.75) is 35.0 Å². The highest BCUT2D eigenvalue weighted by atomic mass is 32.2. The third-order valence-electron chi connectivity index (χ3n) is 4.03. The number of rotatable bonds is 4. The molecule has 0 aromatic heterocycles. The number of hydrogen-bond donors (Lipinski definition) is 2. The second kappa shape index (κ2) is 6.88. The summed E-state index contributed by atoms with van der Waals surface area (Å²) in [7, 11) is 0. The first-order valence-corrected chi connectivity index (χ1v) is 8.45. The SMILES string of the molecule is NC(N)=NCC1CCCc2cc(Sc3ccccc3)ccc21. The molecule has 0 radical (unpaired) electrons. The summed E-state index contributed by atoms with van der Waals surface area (Å²) in [4.78, 5) is 6.78. The first kappa shape index (κ1) is 15.0. The molecule has 1 atom stereocenters. The van der Waals surface area contributed by atoms with E-state index in [0.29, 0.717) is 12.5 Å². The molecular formula is C18H21N3S. The molecule has 0 heterocycles. The van der Waals surface area contributed by atoms with Gasteiger partial charge in [-0.25, -0.2) is 0 Å². The second-order valence-corrected chi connectivity index (χ2v) is 6.78. The number of aliphatic imine (C=N–C) groups is 1. The molecule has 2 aromatic rings. The van der Waals surface area contributed by atoms with Gasteiger partial charge in [0.2, 0.25) is 0 Å². The third kappa shape index (κ3) is 3.63. The van der Waals surface area contributed by atoms with E-state index in [1.807, 2.05) is 17.8 Å². The Morgan fingerprint density at radius 2 is 1.91 bits per heavy atom. The van der Waals surface area contributed by atoms with Gasteiger partial charge >= 0.3 is 0 Å². The van der Waals surface area contributed by atoms with Crippen LogP contribution in [0.3, 0.4) is 0 Å². The van der Waals surface area contributed by atoms with Gasteiger partial charge in [-0.1, -0.05) is 36.0 Å². The molecule has 1 unspecified atom stereocenters. The van der Waals surface area contributed by atoms with Crippen molar-refractivity contribution in [1.29, 1.82) is 0 Å². The molecule has 0 aliphatic heterocycles. The summed E-state index contributed by atoms with van der Waals surface area (Å²) < 4.78 is 0. The van der Waals surface area contributed by atoms with Crippen molar-refractivity contribution < 1.29 is 0 Å². The minimum atomic E-state index is 0.184. The van der Waals surface area contributed by atoms with Crippen molar-refractivity contribution >= 4 is 17.7 Å². The lowest BCUT2D eigenvalue weighted by atomic mass is 9.83. The van der Waals surface area contributed by atoms with Crippen LogP contribution in [0.1, 0.15) is 29.9 Å². The zero-order chi connectivity index (χ0) is 15.4. The number of nitrogens with two attached hydrogens (primary N) is 2. The van der Waals surface area contributed by atoms with Crippen molar-refractivity contribution in [3.05, 3.63) is 59.7 Å². The van der Waals surface area contributed by atoms with Crippen LogP contribution >= 0.6 is 11.8 Å². The first-order valence-electron chi connectivity index (χ1n) is 7.63. The monoisotopic (exact) mass is 311 g/mol.